The van der Waals surface area contributed by atoms with E-state index in [4.69, 9.17) is 4.84 Å². The minimum atomic E-state index is -4.47. The number of carbonyl (C=O) groups excluding carboxylic acids is 3. The number of alkyl halides is 3. The van der Waals surface area contributed by atoms with Gasteiger partial charge in [-0.1, -0.05) is 18.2 Å². The van der Waals surface area contributed by atoms with Gasteiger partial charge in [-0.15, -0.1) is 6.58 Å². The van der Waals surface area contributed by atoms with Crippen molar-refractivity contribution in [3.63, 3.8) is 0 Å². The maximum absolute atomic E-state index is 12.6. The molecule has 0 spiro atoms. The Hall–Kier alpha value is -2.59. The highest BCUT2D eigenvalue weighted by Gasteiger charge is 2.41. The maximum atomic E-state index is 12.6. The number of benzene rings is 1. The molecule has 2 rings (SSSR count). The molecule has 1 fully saturated rings. The quantitative estimate of drug-likeness (QED) is 0.343. The Bertz CT molecular complexity index is 790. The molecule has 0 bridgehead atoms. The summed E-state index contributed by atoms with van der Waals surface area (Å²) < 4.78 is 37.8. The number of nitrogens with one attached hydrogen (secondary N) is 1. The van der Waals surface area contributed by atoms with Crippen molar-refractivity contribution in [3.8, 4) is 0 Å². The molecule has 0 saturated carbocycles. The molecule has 1 atom stereocenters. The molecule has 0 aromatic heterocycles. The summed E-state index contributed by atoms with van der Waals surface area (Å²) in [7, 11) is 0. The number of imide groups is 1. The van der Waals surface area contributed by atoms with E-state index in [1.54, 1.807) is 0 Å². The highest BCUT2D eigenvalue weighted by atomic mass is 32.2. The first-order valence-electron chi connectivity index (χ1n) is 7.62. The van der Waals surface area contributed by atoms with Crippen LogP contribution in [0.2, 0.25) is 0 Å². The molecule has 1 aliphatic heterocycles. The largest absolute Gasteiger partial charge is 0.416 e. The van der Waals surface area contributed by atoms with Crippen LogP contribution < -0.4 is 5.48 Å². The van der Waals surface area contributed by atoms with Gasteiger partial charge in [-0.3, -0.25) is 24.1 Å². The third kappa shape index (κ3) is 4.98. The van der Waals surface area contributed by atoms with E-state index in [0.717, 1.165) is 17.0 Å². The van der Waals surface area contributed by atoms with Gasteiger partial charge in [0.15, 0.2) is 0 Å². The van der Waals surface area contributed by atoms with Gasteiger partial charge in [0, 0.05) is 0 Å². The molecule has 10 heteroatoms. The molecule has 0 aliphatic carbocycles. The zero-order valence-corrected chi connectivity index (χ0v) is 14.9. The second-order valence-corrected chi connectivity index (χ2v) is 6.41. The number of hydroxylamine groups is 1. The molecule has 1 saturated heterocycles. The van der Waals surface area contributed by atoms with Crippen molar-refractivity contribution in [1.82, 2.24) is 10.4 Å². The second-order valence-electron chi connectivity index (χ2n) is 5.41. The Morgan fingerprint density at radius 2 is 1.96 bits per heavy atom. The Morgan fingerprint density at radius 3 is 2.52 bits per heavy atom. The van der Waals surface area contributed by atoms with Crippen LogP contribution in [0.3, 0.4) is 0 Å². The lowest BCUT2D eigenvalue weighted by molar-refractivity contribution is -0.140. The highest BCUT2D eigenvalue weighted by Crippen LogP contribution is 2.34. The normalized spacial score (nSPS) is 17.3. The van der Waals surface area contributed by atoms with Gasteiger partial charge < -0.3 is 0 Å². The van der Waals surface area contributed by atoms with E-state index in [1.807, 2.05) is 0 Å². The van der Waals surface area contributed by atoms with Crippen LogP contribution in [0.15, 0.2) is 41.8 Å². The summed E-state index contributed by atoms with van der Waals surface area (Å²) in [5.41, 5.74) is 1.59. The van der Waals surface area contributed by atoms with Gasteiger partial charge in [-0.05, 0) is 42.5 Å². The molecule has 1 N–H and O–H groups in total. The Balaban J connectivity index is 2.13. The zero-order valence-electron chi connectivity index (χ0n) is 14.1. The number of amides is 3. The first-order valence-corrected chi connectivity index (χ1v) is 8.43. The first-order chi connectivity index (χ1) is 12.6. The van der Waals surface area contributed by atoms with Crippen LogP contribution in [0.4, 0.5) is 18.0 Å². The summed E-state index contributed by atoms with van der Waals surface area (Å²) in [4.78, 5) is 42.0. The van der Waals surface area contributed by atoms with Crippen molar-refractivity contribution in [3.05, 3.63) is 53.0 Å². The van der Waals surface area contributed by atoms with E-state index in [-0.39, 0.29) is 11.5 Å². The molecule has 0 radical (unpaired) electrons. The number of rotatable bonds is 6. The van der Waals surface area contributed by atoms with Gasteiger partial charge in [0.2, 0.25) is 0 Å². The minimum Gasteiger partial charge on any atom is -0.270 e. The van der Waals surface area contributed by atoms with E-state index in [0.29, 0.717) is 17.3 Å². The molecule has 6 nitrogen and oxygen atoms in total. The number of nitrogens with zero attached hydrogens (tertiary/aromatic N) is 1. The number of carbonyl (C=O) groups is 3. The van der Waals surface area contributed by atoms with Gasteiger partial charge in [-0.25, -0.2) is 5.48 Å². The molecular formula is C17H15F3N2O4S. The Labute approximate surface area is 157 Å². The Morgan fingerprint density at radius 1 is 1.33 bits per heavy atom. The fourth-order valence-corrected chi connectivity index (χ4v) is 3.02. The molecule has 1 aliphatic rings. The van der Waals surface area contributed by atoms with Crippen molar-refractivity contribution in [2.24, 2.45) is 0 Å². The van der Waals surface area contributed by atoms with Crippen LogP contribution in [-0.2, 0) is 20.6 Å². The summed E-state index contributed by atoms with van der Waals surface area (Å²) in [6.45, 7) is 4.81. The van der Waals surface area contributed by atoms with Crippen molar-refractivity contribution in [1.29, 1.82) is 0 Å². The van der Waals surface area contributed by atoms with E-state index >= 15 is 0 Å². The third-order valence-electron chi connectivity index (χ3n) is 3.50. The van der Waals surface area contributed by atoms with E-state index in [2.05, 4.69) is 12.1 Å². The van der Waals surface area contributed by atoms with Gasteiger partial charge in [0.1, 0.15) is 6.04 Å². The fourth-order valence-electron chi connectivity index (χ4n) is 2.11. The summed E-state index contributed by atoms with van der Waals surface area (Å²) in [5.74, 6) is -1.41. The lowest BCUT2D eigenvalue weighted by Crippen LogP contribution is -2.47. The van der Waals surface area contributed by atoms with Crippen molar-refractivity contribution >= 4 is 34.9 Å². The number of halogens is 3. The molecule has 144 valence electrons. The lowest BCUT2D eigenvalue weighted by atomic mass is 10.1. The van der Waals surface area contributed by atoms with Gasteiger partial charge in [0.05, 0.1) is 17.1 Å². The monoisotopic (exact) mass is 400 g/mol. The van der Waals surface area contributed by atoms with Gasteiger partial charge in [-0.2, -0.15) is 13.2 Å². The fraction of sp³-hybridized carbons (Fsp3) is 0.235. The Kier molecular flexibility index (Phi) is 6.45. The molecule has 27 heavy (non-hydrogen) atoms. The standard InChI is InChI=1S/C17H15F3N2O4S/c1-3-8-26-21-14(23)10(2)22-15(24)13(27-16(22)25)9-11-4-6-12(7-5-11)17(18,19)20/h3-7,9-10H,1,8H2,2H3,(H,21,23)/b13-9-. The third-order valence-corrected chi connectivity index (χ3v) is 4.38. The van der Waals surface area contributed by atoms with Crippen molar-refractivity contribution in [2.45, 2.75) is 19.1 Å². The number of hydrogen-bond acceptors (Lipinski definition) is 5. The van der Waals surface area contributed by atoms with Crippen LogP contribution in [0, 0.1) is 0 Å². The first kappa shape index (κ1) is 20.7. The zero-order chi connectivity index (χ0) is 20.2. The van der Waals surface area contributed by atoms with Crippen LogP contribution >= 0.6 is 11.8 Å². The lowest BCUT2D eigenvalue weighted by Gasteiger charge is -2.20. The molecule has 1 aromatic rings. The van der Waals surface area contributed by atoms with Crippen molar-refractivity contribution in [2.75, 3.05) is 6.61 Å². The molecular weight excluding hydrogens is 385 g/mol. The molecule has 1 aromatic carbocycles. The van der Waals surface area contributed by atoms with E-state index in [9.17, 15) is 27.6 Å². The van der Waals surface area contributed by atoms with Crippen LogP contribution in [0.1, 0.15) is 18.1 Å². The minimum absolute atomic E-state index is 0.00594. The van der Waals surface area contributed by atoms with Crippen LogP contribution in [0.25, 0.3) is 6.08 Å². The number of thioether (sulfide) groups is 1. The van der Waals surface area contributed by atoms with Gasteiger partial charge >= 0.3 is 6.18 Å². The molecule has 3 amide bonds. The summed E-state index contributed by atoms with van der Waals surface area (Å²) >= 11 is 0.600. The maximum Gasteiger partial charge on any atom is 0.416 e. The van der Waals surface area contributed by atoms with E-state index < -0.39 is 34.8 Å². The topological polar surface area (TPSA) is 75.7 Å². The SMILES string of the molecule is C=CCONC(=O)C(C)N1C(=O)S/C(=C\c2ccc(C(F)(F)F)cc2)C1=O. The van der Waals surface area contributed by atoms with Gasteiger partial charge in [0.25, 0.3) is 17.1 Å². The predicted octanol–water partition coefficient (Wildman–Crippen LogP) is 3.36. The smallest absolute Gasteiger partial charge is 0.270 e. The summed E-state index contributed by atoms with van der Waals surface area (Å²) in [6.07, 6.45) is -1.77. The predicted molar refractivity (Wildman–Crippen MR) is 93.0 cm³/mol. The van der Waals surface area contributed by atoms with Crippen LogP contribution in [0.5, 0.6) is 0 Å². The van der Waals surface area contributed by atoms with Crippen molar-refractivity contribution < 1.29 is 32.4 Å². The second kappa shape index (κ2) is 8.40. The van der Waals surface area contributed by atoms with E-state index in [1.165, 1.54) is 31.2 Å². The average Bonchev–Trinajstić information content (AvgIpc) is 2.87. The summed E-state index contributed by atoms with van der Waals surface area (Å²) in [6, 6.07) is 3.01. The average molecular weight is 400 g/mol. The molecule has 1 unspecified atom stereocenters. The van der Waals surface area contributed by atoms with Crippen LogP contribution in [-0.4, -0.2) is 34.6 Å². The number of hydrogen-bond donors (Lipinski definition) is 1. The highest BCUT2D eigenvalue weighted by molar-refractivity contribution is 8.18. The molecule has 1 heterocycles. The summed E-state index contributed by atoms with van der Waals surface area (Å²) in [5, 5.41) is -0.662.